The SMILES string of the molecule is CCC(CC)c1ccccc1C1CCCNC1. The normalized spacial score (nSPS) is 20.8. The van der Waals surface area contributed by atoms with Crippen molar-refractivity contribution in [1.29, 1.82) is 0 Å². The van der Waals surface area contributed by atoms with Crippen molar-refractivity contribution >= 4 is 0 Å². The Morgan fingerprint density at radius 3 is 2.65 bits per heavy atom. The maximum atomic E-state index is 3.54. The molecule has 1 aliphatic heterocycles. The second-order valence-corrected chi connectivity index (χ2v) is 5.19. The third-order valence-corrected chi connectivity index (χ3v) is 4.16. The third-order valence-electron chi connectivity index (χ3n) is 4.16. The molecular formula is C16H25N. The van der Waals surface area contributed by atoms with Crippen LogP contribution in [0.5, 0.6) is 0 Å². The third kappa shape index (κ3) is 2.90. The van der Waals surface area contributed by atoms with Crippen molar-refractivity contribution in [1.82, 2.24) is 5.32 Å². The van der Waals surface area contributed by atoms with Crippen molar-refractivity contribution in [2.45, 2.75) is 51.4 Å². The molecule has 1 heterocycles. The molecule has 0 aromatic heterocycles. The highest BCUT2D eigenvalue weighted by Gasteiger charge is 2.20. The minimum Gasteiger partial charge on any atom is -0.316 e. The first kappa shape index (κ1) is 12.6. The van der Waals surface area contributed by atoms with Gasteiger partial charge >= 0.3 is 0 Å². The van der Waals surface area contributed by atoms with E-state index in [4.69, 9.17) is 0 Å². The van der Waals surface area contributed by atoms with Gasteiger partial charge in [0.15, 0.2) is 0 Å². The summed E-state index contributed by atoms with van der Waals surface area (Å²) in [5.41, 5.74) is 3.21. The van der Waals surface area contributed by atoms with Crippen molar-refractivity contribution in [3.8, 4) is 0 Å². The van der Waals surface area contributed by atoms with E-state index in [2.05, 4.69) is 43.4 Å². The van der Waals surface area contributed by atoms with Gasteiger partial charge in [-0.25, -0.2) is 0 Å². The molecule has 94 valence electrons. The molecule has 0 spiro atoms. The Kier molecular flexibility index (Phi) is 4.61. The summed E-state index contributed by atoms with van der Waals surface area (Å²) in [6, 6.07) is 9.11. The molecule has 0 amide bonds. The van der Waals surface area contributed by atoms with Crippen molar-refractivity contribution in [2.24, 2.45) is 0 Å². The number of piperidine rings is 1. The Morgan fingerprint density at radius 2 is 2.00 bits per heavy atom. The molecule has 0 aliphatic carbocycles. The first-order chi connectivity index (χ1) is 8.36. The summed E-state index contributed by atoms with van der Waals surface area (Å²) in [4.78, 5) is 0. The second kappa shape index (κ2) is 6.20. The van der Waals surface area contributed by atoms with E-state index in [1.54, 1.807) is 11.1 Å². The summed E-state index contributed by atoms with van der Waals surface area (Å²) in [7, 11) is 0. The van der Waals surface area contributed by atoms with Gasteiger partial charge in [0, 0.05) is 6.54 Å². The van der Waals surface area contributed by atoms with Gasteiger partial charge in [-0.3, -0.25) is 0 Å². The zero-order chi connectivity index (χ0) is 12.1. The average molecular weight is 231 g/mol. The lowest BCUT2D eigenvalue weighted by Gasteiger charge is -2.27. The van der Waals surface area contributed by atoms with Gasteiger partial charge in [-0.15, -0.1) is 0 Å². The lowest BCUT2D eigenvalue weighted by Crippen LogP contribution is -2.29. The summed E-state index contributed by atoms with van der Waals surface area (Å²) in [5.74, 6) is 1.48. The van der Waals surface area contributed by atoms with E-state index in [1.165, 1.54) is 32.2 Å². The zero-order valence-electron chi connectivity index (χ0n) is 11.2. The van der Waals surface area contributed by atoms with Gasteiger partial charge in [0.1, 0.15) is 0 Å². The van der Waals surface area contributed by atoms with E-state index < -0.39 is 0 Å². The second-order valence-electron chi connectivity index (χ2n) is 5.19. The smallest absolute Gasteiger partial charge is 0.00202 e. The summed E-state index contributed by atoms with van der Waals surface area (Å²) in [6.07, 6.45) is 5.19. The predicted octanol–water partition coefficient (Wildman–Crippen LogP) is 4.06. The fourth-order valence-corrected chi connectivity index (χ4v) is 3.10. The van der Waals surface area contributed by atoms with E-state index >= 15 is 0 Å². The molecule has 2 rings (SSSR count). The topological polar surface area (TPSA) is 12.0 Å². The van der Waals surface area contributed by atoms with Crippen LogP contribution < -0.4 is 5.32 Å². The first-order valence-electron chi connectivity index (χ1n) is 7.16. The quantitative estimate of drug-likeness (QED) is 0.824. The van der Waals surface area contributed by atoms with Crippen LogP contribution >= 0.6 is 0 Å². The Morgan fingerprint density at radius 1 is 1.24 bits per heavy atom. The standard InChI is InChI=1S/C16H25N/c1-3-13(4-2)15-9-5-6-10-16(15)14-8-7-11-17-12-14/h5-6,9-10,13-14,17H,3-4,7-8,11-12H2,1-2H3. The van der Waals surface area contributed by atoms with Crippen LogP contribution in [-0.4, -0.2) is 13.1 Å². The van der Waals surface area contributed by atoms with Crippen molar-refractivity contribution in [3.05, 3.63) is 35.4 Å². The monoisotopic (exact) mass is 231 g/mol. The van der Waals surface area contributed by atoms with Crippen LogP contribution in [0.25, 0.3) is 0 Å². The van der Waals surface area contributed by atoms with E-state index in [0.717, 1.165) is 18.4 Å². The molecule has 1 fully saturated rings. The lowest BCUT2D eigenvalue weighted by atomic mass is 9.82. The maximum absolute atomic E-state index is 3.54. The Labute approximate surface area is 106 Å². The summed E-state index contributed by atoms with van der Waals surface area (Å²) < 4.78 is 0. The van der Waals surface area contributed by atoms with Crippen LogP contribution in [0.15, 0.2) is 24.3 Å². The van der Waals surface area contributed by atoms with Gasteiger partial charge in [0.25, 0.3) is 0 Å². The number of nitrogens with one attached hydrogen (secondary N) is 1. The zero-order valence-corrected chi connectivity index (χ0v) is 11.2. The van der Waals surface area contributed by atoms with E-state index in [9.17, 15) is 0 Å². The van der Waals surface area contributed by atoms with Crippen LogP contribution in [0.4, 0.5) is 0 Å². The molecule has 17 heavy (non-hydrogen) atoms. The van der Waals surface area contributed by atoms with Crippen LogP contribution in [-0.2, 0) is 0 Å². The number of hydrogen-bond acceptors (Lipinski definition) is 1. The molecule has 0 radical (unpaired) electrons. The van der Waals surface area contributed by atoms with Gasteiger partial charge < -0.3 is 5.32 Å². The molecule has 1 unspecified atom stereocenters. The number of rotatable bonds is 4. The van der Waals surface area contributed by atoms with Crippen molar-refractivity contribution in [3.63, 3.8) is 0 Å². The van der Waals surface area contributed by atoms with Gasteiger partial charge in [0.05, 0.1) is 0 Å². The largest absolute Gasteiger partial charge is 0.316 e. The minimum absolute atomic E-state index is 0.737. The molecule has 1 heteroatoms. The molecule has 0 bridgehead atoms. The molecule has 1 aliphatic rings. The van der Waals surface area contributed by atoms with Gasteiger partial charge in [0.2, 0.25) is 0 Å². The van der Waals surface area contributed by atoms with Crippen molar-refractivity contribution in [2.75, 3.05) is 13.1 Å². The minimum atomic E-state index is 0.737. The molecule has 1 nitrogen and oxygen atoms in total. The molecule has 1 aromatic rings. The van der Waals surface area contributed by atoms with Gasteiger partial charge in [-0.2, -0.15) is 0 Å². The number of benzene rings is 1. The predicted molar refractivity (Wildman–Crippen MR) is 74.6 cm³/mol. The summed E-state index contributed by atoms with van der Waals surface area (Å²) >= 11 is 0. The molecule has 0 saturated carbocycles. The molecule has 1 atom stereocenters. The first-order valence-corrected chi connectivity index (χ1v) is 7.16. The highest BCUT2D eigenvalue weighted by molar-refractivity contribution is 5.34. The van der Waals surface area contributed by atoms with Crippen LogP contribution in [0.3, 0.4) is 0 Å². The van der Waals surface area contributed by atoms with Crippen molar-refractivity contribution < 1.29 is 0 Å². The Hall–Kier alpha value is -0.820. The van der Waals surface area contributed by atoms with E-state index in [-0.39, 0.29) is 0 Å². The fraction of sp³-hybridized carbons (Fsp3) is 0.625. The molecule has 1 N–H and O–H groups in total. The molecule has 1 aromatic carbocycles. The van der Waals surface area contributed by atoms with Gasteiger partial charge in [-0.1, -0.05) is 38.1 Å². The van der Waals surface area contributed by atoms with E-state index in [0.29, 0.717) is 0 Å². The van der Waals surface area contributed by atoms with Gasteiger partial charge in [-0.05, 0) is 55.2 Å². The summed E-state index contributed by atoms with van der Waals surface area (Å²) in [6.45, 7) is 6.98. The lowest BCUT2D eigenvalue weighted by molar-refractivity contribution is 0.456. The number of hydrogen-bond donors (Lipinski definition) is 1. The van der Waals surface area contributed by atoms with Crippen LogP contribution in [0, 0.1) is 0 Å². The average Bonchev–Trinajstić information content (AvgIpc) is 2.42. The van der Waals surface area contributed by atoms with Crippen LogP contribution in [0.2, 0.25) is 0 Å². The Bertz CT molecular complexity index is 335. The fourth-order valence-electron chi connectivity index (χ4n) is 3.10. The van der Waals surface area contributed by atoms with E-state index in [1.807, 2.05) is 0 Å². The Balaban J connectivity index is 2.25. The maximum Gasteiger partial charge on any atom is 0.00202 e. The molecule has 1 saturated heterocycles. The molecular weight excluding hydrogens is 206 g/mol. The summed E-state index contributed by atoms with van der Waals surface area (Å²) in [5, 5.41) is 3.54. The highest BCUT2D eigenvalue weighted by atomic mass is 14.9. The van der Waals surface area contributed by atoms with Crippen LogP contribution in [0.1, 0.15) is 62.5 Å². The highest BCUT2D eigenvalue weighted by Crippen LogP contribution is 2.33.